The number of hydrogen-bond acceptors (Lipinski definition) is 8. The molecule has 0 bridgehead atoms. The van der Waals surface area contributed by atoms with E-state index in [0.29, 0.717) is 47.5 Å². The SMILES string of the molecule is CCC(=Cc1oc2cc3ccccc3cc2[n+]1CCCS(=O)(=O)[O-])C=C1Oc2ccc(Cl)cc2N1CCCOS(=O)O. The topological polar surface area (TPSA) is 133 Å². The van der Waals surface area contributed by atoms with Crippen molar-refractivity contribution in [3.63, 3.8) is 0 Å². The lowest BCUT2D eigenvalue weighted by Gasteiger charge is -2.18. The number of ether oxygens (including phenoxy) is 1. The van der Waals surface area contributed by atoms with E-state index in [2.05, 4.69) is 0 Å². The summed E-state index contributed by atoms with van der Waals surface area (Å²) in [5.74, 6) is 1.18. The van der Waals surface area contributed by atoms with Crippen LogP contribution in [0.1, 0.15) is 32.1 Å². The average Bonchev–Trinajstić information content (AvgIpc) is 3.44. The number of fused-ring (bicyclic) bond motifs is 3. The highest BCUT2D eigenvalue weighted by atomic mass is 35.5. The Morgan fingerprint density at radius 2 is 1.93 bits per heavy atom. The quantitative estimate of drug-likeness (QED) is 0.0925. The van der Waals surface area contributed by atoms with Gasteiger partial charge in [-0.2, -0.15) is 8.78 Å². The number of aromatic nitrogens is 1. The van der Waals surface area contributed by atoms with Crippen molar-refractivity contribution in [3.8, 4) is 5.75 Å². The van der Waals surface area contributed by atoms with Crippen molar-refractivity contribution in [1.29, 1.82) is 0 Å². The summed E-state index contributed by atoms with van der Waals surface area (Å²) in [6, 6.07) is 17.1. The largest absolute Gasteiger partial charge is 0.748 e. The molecule has 1 unspecified atom stereocenters. The van der Waals surface area contributed by atoms with E-state index in [9.17, 15) is 17.2 Å². The van der Waals surface area contributed by atoms with E-state index in [1.54, 1.807) is 18.2 Å². The van der Waals surface area contributed by atoms with Crippen molar-refractivity contribution in [2.45, 2.75) is 32.7 Å². The molecule has 10 nitrogen and oxygen atoms in total. The van der Waals surface area contributed by atoms with Crippen LogP contribution in [0.4, 0.5) is 5.69 Å². The summed E-state index contributed by atoms with van der Waals surface area (Å²) < 4.78 is 72.8. The second kappa shape index (κ2) is 12.9. The van der Waals surface area contributed by atoms with Gasteiger partial charge in [-0.15, -0.1) is 0 Å². The zero-order chi connectivity index (χ0) is 29.9. The van der Waals surface area contributed by atoms with Gasteiger partial charge in [-0.1, -0.05) is 42.8 Å². The molecule has 42 heavy (non-hydrogen) atoms. The van der Waals surface area contributed by atoms with E-state index in [1.165, 1.54) is 0 Å². The summed E-state index contributed by atoms with van der Waals surface area (Å²) in [6.07, 6.45) is 4.95. The van der Waals surface area contributed by atoms with E-state index >= 15 is 0 Å². The van der Waals surface area contributed by atoms with E-state index in [0.717, 1.165) is 27.5 Å². The highest BCUT2D eigenvalue weighted by Crippen LogP contribution is 2.41. The standard InChI is InChI=1S/C29H29ClN2O8S2/c1-2-20(15-28-31(11-5-13-38-41(33)34)25-19-23(30)9-10-26(25)39-28)16-29-32(12-6-14-42(35,36)37)24-17-21-7-3-4-8-22(21)18-27(24)40-29/h3-4,7-10,15-19H,2,5-6,11-14H2,1H3,(H-,33,34,35,36,37). The first-order valence-electron chi connectivity index (χ1n) is 13.3. The summed E-state index contributed by atoms with van der Waals surface area (Å²) in [5.41, 5.74) is 3.04. The molecule has 0 saturated carbocycles. The normalized spacial score (nSPS) is 15.5. The van der Waals surface area contributed by atoms with Crippen LogP contribution in [0.15, 0.2) is 76.5 Å². The molecule has 1 aliphatic heterocycles. The van der Waals surface area contributed by atoms with Gasteiger partial charge in [-0.3, -0.25) is 8.74 Å². The number of nitrogens with zero attached hydrogens (tertiary/aromatic N) is 2. The van der Waals surface area contributed by atoms with Gasteiger partial charge in [0.05, 0.1) is 28.5 Å². The Kier molecular flexibility index (Phi) is 9.31. The number of benzene rings is 3. The number of anilines is 1. The van der Waals surface area contributed by atoms with Crippen LogP contribution in [0.2, 0.25) is 5.02 Å². The van der Waals surface area contributed by atoms with Gasteiger partial charge >= 0.3 is 17.3 Å². The van der Waals surface area contributed by atoms with E-state index < -0.39 is 27.2 Å². The monoisotopic (exact) mass is 632 g/mol. The summed E-state index contributed by atoms with van der Waals surface area (Å²) in [6.45, 7) is 2.77. The zero-order valence-electron chi connectivity index (χ0n) is 22.7. The number of oxazole rings is 1. The Hall–Kier alpha value is -3.26. The van der Waals surface area contributed by atoms with Crippen LogP contribution in [0.3, 0.4) is 0 Å². The lowest BCUT2D eigenvalue weighted by atomic mass is 10.1. The first kappa shape index (κ1) is 30.2. The lowest BCUT2D eigenvalue weighted by molar-refractivity contribution is -0.677. The Labute approximate surface area is 251 Å². The summed E-state index contributed by atoms with van der Waals surface area (Å²) in [4.78, 5) is 1.92. The zero-order valence-corrected chi connectivity index (χ0v) is 25.1. The summed E-state index contributed by atoms with van der Waals surface area (Å²) >= 11 is 3.92. The van der Waals surface area contributed by atoms with E-state index in [-0.39, 0.29) is 19.6 Å². The van der Waals surface area contributed by atoms with Gasteiger partial charge in [0.25, 0.3) is 5.52 Å². The molecule has 1 aliphatic rings. The molecule has 0 fully saturated rings. The third kappa shape index (κ3) is 7.20. The molecule has 0 amide bonds. The molecule has 0 aliphatic carbocycles. The summed E-state index contributed by atoms with van der Waals surface area (Å²) in [5, 5.41) is 2.55. The Bertz CT molecular complexity index is 1820. The molecule has 0 saturated heterocycles. The molecular weight excluding hydrogens is 604 g/mol. The van der Waals surface area contributed by atoms with Gasteiger partial charge < -0.3 is 18.6 Å². The van der Waals surface area contributed by atoms with Crippen molar-refractivity contribution in [1.82, 2.24) is 0 Å². The molecule has 222 valence electrons. The number of rotatable bonds is 12. The van der Waals surface area contributed by atoms with Crippen molar-refractivity contribution in [2.24, 2.45) is 0 Å². The second-order valence-electron chi connectivity index (χ2n) is 9.69. The van der Waals surface area contributed by atoms with E-state index in [4.69, 9.17) is 29.5 Å². The maximum atomic E-state index is 11.3. The van der Waals surface area contributed by atoms with Crippen LogP contribution >= 0.6 is 11.6 Å². The number of halogens is 1. The maximum Gasteiger partial charge on any atom is 0.374 e. The van der Waals surface area contributed by atoms with Gasteiger partial charge in [0, 0.05) is 35.9 Å². The number of hydrogen-bond donors (Lipinski definition) is 1. The Morgan fingerprint density at radius 1 is 1.17 bits per heavy atom. The first-order valence-corrected chi connectivity index (χ1v) is 16.3. The van der Waals surface area contributed by atoms with Crippen molar-refractivity contribution in [3.05, 3.63) is 83.0 Å². The highest BCUT2D eigenvalue weighted by molar-refractivity contribution is 7.85. The predicted molar refractivity (Wildman–Crippen MR) is 160 cm³/mol. The van der Waals surface area contributed by atoms with Crippen molar-refractivity contribution >= 4 is 66.7 Å². The Morgan fingerprint density at radius 3 is 2.64 bits per heavy atom. The molecule has 1 aromatic heterocycles. The fourth-order valence-corrected chi connectivity index (χ4v) is 5.76. The molecule has 3 aromatic carbocycles. The van der Waals surface area contributed by atoms with Crippen LogP contribution in [-0.2, 0) is 32.2 Å². The minimum Gasteiger partial charge on any atom is -0.748 e. The van der Waals surface area contributed by atoms with Crippen LogP contribution < -0.4 is 14.2 Å². The fourth-order valence-electron chi connectivity index (χ4n) is 4.85. The van der Waals surface area contributed by atoms with Gasteiger partial charge in [0.1, 0.15) is 0 Å². The molecule has 0 spiro atoms. The van der Waals surface area contributed by atoms with Gasteiger partial charge in [0.2, 0.25) is 11.5 Å². The maximum absolute atomic E-state index is 11.3. The minimum atomic E-state index is -4.36. The van der Waals surface area contributed by atoms with Crippen LogP contribution in [0, 0.1) is 0 Å². The highest BCUT2D eigenvalue weighted by Gasteiger charge is 2.27. The van der Waals surface area contributed by atoms with Crippen LogP contribution in [0.5, 0.6) is 5.75 Å². The molecule has 1 atom stereocenters. The number of aryl methyl sites for hydroxylation is 1. The van der Waals surface area contributed by atoms with Crippen molar-refractivity contribution in [2.75, 3.05) is 23.8 Å². The Balaban J connectivity index is 1.52. The third-order valence-electron chi connectivity index (χ3n) is 6.80. The minimum absolute atomic E-state index is 0.0751. The molecule has 13 heteroatoms. The van der Waals surface area contributed by atoms with Crippen LogP contribution in [-0.4, -0.2) is 40.6 Å². The molecule has 2 heterocycles. The average molecular weight is 633 g/mol. The lowest BCUT2D eigenvalue weighted by Crippen LogP contribution is -2.36. The first-order chi connectivity index (χ1) is 20.1. The molecular formula is C29H29ClN2O8S2. The van der Waals surface area contributed by atoms with Gasteiger partial charge in [0.15, 0.2) is 12.3 Å². The van der Waals surface area contributed by atoms with Gasteiger partial charge in [-0.25, -0.2) is 8.42 Å². The predicted octanol–water partition coefficient (Wildman–Crippen LogP) is 5.54. The smallest absolute Gasteiger partial charge is 0.374 e. The summed E-state index contributed by atoms with van der Waals surface area (Å²) in [7, 11) is -4.36. The number of allylic oxidation sites excluding steroid dienone is 2. The molecule has 5 rings (SSSR count). The molecule has 4 aromatic rings. The van der Waals surface area contributed by atoms with E-state index in [1.807, 2.05) is 64.9 Å². The van der Waals surface area contributed by atoms with Crippen LogP contribution in [0.25, 0.3) is 27.9 Å². The fraction of sp³-hybridized carbons (Fsp3) is 0.276. The second-order valence-corrected chi connectivity index (χ2v) is 12.3. The molecule has 0 radical (unpaired) electrons. The molecule has 1 N–H and O–H groups in total. The third-order valence-corrected chi connectivity index (χ3v) is 8.20. The van der Waals surface area contributed by atoms with Gasteiger partial charge in [-0.05, 0) is 53.5 Å². The van der Waals surface area contributed by atoms with Crippen molar-refractivity contribution < 1.29 is 39.6 Å².